The fourth-order valence-electron chi connectivity index (χ4n) is 2.58. The van der Waals surface area contributed by atoms with Crippen LogP contribution in [-0.4, -0.2) is 15.9 Å². The fourth-order valence-corrected chi connectivity index (χ4v) is 2.58. The minimum absolute atomic E-state index is 0.391. The van der Waals surface area contributed by atoms with Gasteiger partial charge in [-0.2, -0.15) is 5.10 Å². The smallest absolute Gasteiger partial charge is 0.185 e. The van der Waals surface area contributed by atoms with E-state index in [1.807, 2.05) is 49.7 Å². The molecule has 4 nitrogen and oxygen atoms in total. The molecule has 0 aromatic carbocycles. The number of carbonyl (C=O) groups is 1. The van der Waals surface area contributed by atoms with E-state index in [9.17, 15) is 4.79 Å². The standard InChI is InChI=1S/C15H14N2O2/c1-9-13(8-18)19-11(3)14(9)15-10(2)16-17-7-5-4-6-12(15)17/h4-8H,1-3H3. The van der Waals surface area contributed by atoms with Crippen molar-refractivity contribution < 1.29 is 9.21 Å². The molecule has 0 saturated heterocycles. The van der Waals surface area contributed by atoms with Crippen molar-refractivity contribution in [2.45, 2.75) is 20.8 Å². The summed E-state index contributed by atoms with van der Waals surface area (Å²) in [6.45, 7) is 5.75. The summed E-state index contributed by atoms with van der Waals surface area (Å²) in [4.78, 5) is 11.0. The summed E-state index contributed by atoms with van der Waals surface area (Å²) in [7, 11) is 0. The van der Waals surface area contributed by atoms with Crippen LogP contribution in [0.2, 0.25) is 0 Å². The molecule has 3 heterocycles. The lowest BCUT2D eigenvalue weighted by atomic mass is 10.0. The third-order valence-corrected chi connectivity index (χ3v) is 3.43. The molecule has 0 aliphatic carbocycles. The van der Waals surface area contributed by atoms with E-state index in [0.717, 1.165) is 39.9 Å². The summed E-state index contributed by atoms with van der Waals surface area (Å²) < 4.78 is 7.36. The first-order valence-electron chi connectivity index (χ1n) is 6.13. The predicted molar refractivity (Wildman–Crippen MR) is 72.5 cm³/mol. The molecule has 4 heteroatoms. The van der Waals surface area contributed by atoms with Crippen LogP contribution in [0.5, 0.6) is 0 Å². The van der Waals surface area contributed by atoms with Crippen molar-refractivity contribution in [1.29, 1.82) is 0 Å². The van der Waals surface area contributed by atoms with Crippen molar-refractivity contribution in [1.82, 2.24) is 9.61 Å². The second-order valence-electron chi connectivity index (χ2n) is 4.63. The Morgan fingerprint density at radius 3 is 2.68 bits per heavy atom. The predicted octanol–water partition coefficient (Wildman–Crippen LogP) is 3.33. The number of fused-ring (bicyclic) bond motifs is 1. The Bertz CT molecular complexity index is 781. The van der Waals surface area contributed by atoms with Crippen molar-refractivity contribution in [3.05, 3.63) is 47.2 Å². The molecule has 0 saturated carbocycles. The van der Waals surface area contributed by atoms with Crippen molar-refractivity contribution in [3.63, 3.8) is 0 Å². The third-order valence-electron chi connectivity index (χ3n) is 3.43. The Balaban J connectivity index is 2.39. The second kappa shape index (κ2) is 4.09. The summed E-state index contributed by atoms with van der Waals surface area (Å²) in [5.74, 6) is 1.14. The van der Waals surface area contributed by atoms with E-state index < -0.39 is 0 Å². The highest BCUT2D eigenvalue weighted by atomic mass is 16.3. The number of carbonyl (C=O) groups excluding carboxylic acids is 1. The molecule has 0 unspecified atom stereocenters. The molecule has 3 aromatic heterocycles. The van der Waals surface area contributed by atoms with Crippen LogP contribution < -0.4 is 0 Å². The van der Waals surface area contributed by atoms with E-state index in [0.29, 0.717) is 5.76 Å². The van der Waals surface area contributed by atoms with Gasteiger partial charge in [-0.3, -0.25) is 4.79 Å². The van der Waals surface area contributed by atoms with Crippen LogP contribution in [0.4, 0.5) is 0 Å². The zero-order chi connectivity index (χ0) is 13.6. The SMILES string of the molecule is Cc1nn2ccccc2c1-c1c(C)oc(C=O)c1C. The summed E-state index contributed by atoms with van der Waals surface area (Å²) in [5, 5.41) is 4.49. The monoisotopic (exact) mass is 254 g/mol. The van der Waals surface area contributed by atoms with Gasteiger partial charge in [0.2, 0.25) is 0 Å². The highest BCUT2D eigenvalue weighted by Crippen LogP contribution is 2.35. The first kappa shape index (κ1) is 11.7. The zero-order valence-corrected chi connectivity index (χ0v) is 11.1. The van der Waals surface area contributed by atoms with Gasteiger partial charge in [-0.25, -0.2) is 4.52 Å². The van der Waals surface area contributed by atoms with Crippen LogP contribution in [0.15, 0.2) is 28.8 Å². The normalized spacial score (nSPS) is 11.1. The van der Waals surface area contributed by atoms with Crippen LogP contribution in [0.25, 0.3) is 16.6 Å². The van der Waals surface area contributed by atoms with Crippen LogP contribution >= 0.6 is 0 Å². The number of hydrogen-bond donors (Lipinski definition) is 0. The van der Waals surface area contributed by atoms with E-state index in [2.05, 4.69) is 5.10 Å². The quantitative estimate of drug-likeness (QED) is 0.659. The molecule has 0 radical (unpaired) electrons. The van der Waals surface area contributed by atoms with Crippen LogP contribution in [0.3, 0.4) is 0 Å². The number of nitrogens with zero attached hydrogens (tertiary/aromatic N) is 2. The Hall–Kier alpha value is -2.36. The molecule has 0 fully saturated rings. The van der Waals surface area contributed by atoms with Gasteiger partial charge in [0.25, 0.3) is 0 Å². The van der Waals surface area contributed by atoms with Crippen molar-refractivity contribution in [3.8, 4) is 11.1 Å². The van der Waals surface area contributed by atoms with E-state index in [1.165, 1.54) is 0 Å². The van der Waals surface area contributed by atoms with Gasteiger partial charge >= 0.3 is 0 Å². The maximum Gasteiger partial charge on any atom is 0.185 e. The van der Waals surface area contributed by atoms with Gasteiger partial charge in [0.1, 0.15) is 5.76 Å². The number of pyridine rings is 1. The van der Waals surface area contributed by atoms with E-state index in [-0.39, 0.29) is 0 Å². The summed E-state index contributed by atoms with van der Waals surface area (Å²) in [6.07, 6.45) is 2.67. The van der Waals surface area contributed by atoms with Crippen molar-refractivity contribution in [2.75, 3.05) is 0 Å². The van der Waals surface area contributed by atoms with Crippen LogP contribution in [0, 0.1) is 20.8 Å². The Morgan fingerprint density at radius 1 is 1.21 bits per heavy atom. The van der Waals surface area contributed by atoms with Gasteiger partial charge in [-0.05, 0) is 32.9 Å². The molecule has 96 valence electrons. The molecule has 19 heavy (non-hydrogen) atoms. The Morgan fingerprint density at radius 2 is 2.00 bits per heavy atom. The molecule has 0 atom stereocenters. The average Bonchev–Trinajstić information content (AvgIpc) is 2.86. The molecule has 0 spiro atoms. The number of aryl methyl sites for hydroxylation is 2. The van der Waals surface area contributed by atoms with E-state index in [1.54, 1.807) is 0 Å². The number of furan rings is 1. The zero-order valence-electron chi connectivity index (χ0n) is 11.1. The molecule has 0 aliphatic rings. The lowest BCUT2D eigenvalue weighted by Gasteiger charge is -2.00. The number of aromatic nitrogens is 2. The highest BCUT2D eigenvalue weighted by molar-refractivity contribution is 5.89. The maximum absolute atomic E-state index is 11.0. The van der Waals surface area contributed by atoms with Crippen LogP contribution in [-0.2, 0) is 0 Å². The molecule has 0 N–H and O–H groups in total. The van der Waals surface area contributed by atoms with Gasteiger partial charge < -0.3 is 4.42 Å². The molecular formula is C15H14N2O2. The van der Waals surface area contributed by atoms with Gasteiger partial charge in [0.05, 0.1) is 11.2 Å². The fraction of sp³-hybridized carbons (Fsp3) is 0.200. The Kier molecular flexibility index (Phi) is 2.52. The van der Waals surface area contributed by atoms with Gasteiger partial charge in [-0.15, -0.1) is 0 Å². The minimum Gasteiger partial charge on any atom is -0.458 e. The van der Waals surface area contributed by atoms with Gasteiger partial charge in [0.15, 0.2) is 12.0 Å². The van der Waals surface area contributed by atoms with Crippen molar-refractivity contribution in [2.24, 2.45) is 0 Å². The highest BCUT2D eigenvalue weighted by Gasteiger charge is 2.20. The number of rotatable bonds is 2. The molecular weight excluding hydrogens is 240 g/mol. The lowest BCUT2D eigenvalue weighted by molar-refractivity contribution is 0.109. The summed E-state index contributed by atoms with van der Waals surface area (Å²) in [5.41, 5.74) is 4.82. The molecule has 0 aliphatic heterocycles. The maximum atomic E-state index is 11.0. The largest absolute Gasteiger partial charge is 0.458 e. The number of aldehydes is 1. The topological polar surface area (TPSA) is 47.5 Å². The molecule has 0 amide bonds. The van der Waals surface area contributed by atoms with E-state index in [4.69, 9.17) is 4.42 Å². The van der Waals surface area contributed by atoms with Crippen LogP contribution in [0.1, 0.15) is 27.6 Å². The average molecular weight is 254 g/mol. The molecule has 3 rings (SSSR count). The first-order valence-corrected chi connectivity index (χ1v) is 6.13. The lowest BCUT2D eigenvalue weighted by Crippen LogP contribution is -1.85. The van der Waals surface area contributed by atoms with Gasteiger partial charge in [0, 0.05) is 22.9 Å². The molecule has 3 aromatic rings. The number of hydrogen-bond acceptors (Lipinski definition) is 3. The molecule has 0 bridgehead atoms. The Labute approximate surface area is 110 Å². The summed E-state index contributed by atoms with van der Waals surface area (Å²) >= 11 is 0. The first-order chi connectivity index (χ1) is 9.13. The second-order valence-corrected chi connectivity index (χ2v) is 4.63. The van der Waals surface area contributed by atoms with Crippen molar-refractivity contribution >= 4 is 11.8 Å². The third kappa shape index (κ3) is 1.60. The van der Waals surface area contributed by atoms with Gasteiger partial charge in [-0.1, -0.05) is 6.07 Å². The minimum atomic E-state index is 0.391. The summed E-state index contributed by atoms with van der Waals surface area (Å²) in [6, 6.07) is 5.93. The van der Waals surface area contributed by atoms with E-state index >= 15 is 0 Å².